The number of rotatable bonds is 6. The molecule has 1 aliphatic carbocycles. The van der Waals surface area contributed by atoms with Crippen LogP contribution in [-0.4, -0.2) is 41.3 Å². The van der Waals surface area contributed by atoms with Gasteiger partial charge in [-0.15, -0.1) is 11.3 Å². The van der Waals surface area contributed by atoms with Gasteiger partial charge in [0.2, 0.25) is 0 Å². The van der Waals surface area contributed by atoms with Crippen LogP contribution < -0.4 is 5.32 Å². The van der Waals surface area contributed by atoms with Crippen LogP contribution >= 0.6 is 11.3 Å². The molecule has 0 saturated carbocycles. The van der Waals surface area contributed by atoms with E-state index in [1.807, 2.05) is 40.6 Å². The summed E-state index contributed by atoms with van der Waals surface area (Å²) in [4.78, 5) is 31.9. The molecule has 3 aromatic rings. The molecule has 0 radical (unpaired) electrons. The van der Waals surface area contributed by atoms with E-state index in [0.29, 0.717) is 31.1 Å². The number of allylic oxidation sites excluding steroid dienone is 1. The van der Waals surface area contributed by atoms with Gasteiger partial charge in [-0.1, -0.05) is 29.8 Å². The predicted octanol–water partition coefficient (Wildman–Crippen LogP) is 5.53. The average Bonchev–Trinajstić information content (AvgIpc) is 3.52. The molecule has 1 aliphatic heterocycles. The van der Waals surface area contributed by atoms with Gasteiger partial charge in [0.1, 0.15) is 11.3 Å². The SMILES string of the molecule is O=C(NCCC1=CCCCC1)c1csc(C2CCN(C(=O)c3cc4ccccc4o3)CC2)n1. The monoisotopic (exact) mass is 463 g/mol. The molecule has 172 valence electrons. The average molecular weight is 464 g/mol. The van der Waals surface area contributed by atoms with E-state index in [1.165, 1.54) is 24.8 Å². The smallest absolute Gasteiger partial charge is 0.289 e. The minimum atomic E-state index is -0.0913. The summed E-state index contributed by atoms with van der Waals surface area (Å²) >= 11 is 1.55. The summed E-state index contributed by atoms with van der Waals surface area (Å²) < 4.78 is 5.75. The summed E-state index contributed by atoms with van der Waals surface area (Å²) in [6, 6.07) is 9.49. The molecule has 3 heterocycles. The highest BCUT2D eigenvalue weighted by atomic mass is 32.1. The Balaban J connectivity index is 1.12. The Hall–Kier alpha value is -2.93. The number of nitrogens with one attached hydrogen (secondary N) is 1. The molecule has 2 aliphatic rings. The van der Waals surface area contributed by atoms with Crippen LogP contribution in [0.5, 0.6) is 0 Å². The number of fused-ring (bicyclic) bond motifs is 1. The van der Waals surface area contributed by atoms with Crippen molar-refractivity contribution in [1.29, 1.82) is 0 Å². The topological polar surface area (TPSA) is 75.4 Å². The number of hydrogen-bond acceptors (Lipinski definition) is 5. The predicted molar refractivity (Wildman–Crippen MR) is 130 cm³/mol. The van der Waals surface area contributed by atoms with Gasteiger partial charge in [-0.05, 0) is 57.1 Å². The van der Waals surface area contributed by atoms with Gasteiger partial charge >= 0.3 is 0 Å². The number of aromatic nitrogens is 1. The van der Waals surface area contributed by atoms with Gasteiger partial charge in [0, 0.05) is 36.3 Å². The molecule has 1 N–H and O–H groups in total. The maximum atomic E-state index is 12.9. The minimum Gasteiger partial charge on any atom is -0.451 e. The lowest BCUT2D eigenvalue weighted by Gasteiger charge is -2.30. The zero-order chi connectivity index (χ0) is 22.6. The van der Waals surface area contributed by atoms with Crippen molar-refractivity contribution in [3.8, 4) is 0 Å². The molecule has 2 amide bonds. The van der Waals surface area contributed by atoms with E-state index < -0.39 is 0 Å². The number of thiazole rings is 1. The Morgan fingerprint density at radius 1 is 1.18 bits per heavy atom. The summed E-state index contributed by atoms with van der Waals surface area (Å²) in [7, 11) is 0. The van der Waals surface area contributed by atoms with Crippen molar-refractivity contribution >= 4 is 34.1 Å². The van der Waals surface area contributed by atoms with E-state index in [0.717, 1.165) is 41.7 Å². The summed E-state index contributed by atoms with van der Waals surface area (Å²) in [5, 5.41) is 6.81. The third-order valence-corrected chi connectivity index (χ3v) is 7.65. The highest BCUT2D eigenvalue weighted by molar-refractivity contribution is 7.09. The molecule has 33 heavy (non-hydrogen) atoms. The van der Waals surface area contributed by atoms with Gasteiger partial charge in [-0.3, -0.25) is 9.59 Å². The highest BCUT2D eigenvalue weighted by Gasteiger charge is 2.28. The number of furan rings is 1. The van der Waals surface area contributed by atoms with Crippen LogP contribution in [0, 0.1) is 0 Å². The number of amides is 2. The Morgan fingerprint density at radius 3 is 2.82 bits per heavy atom. The van der Waals surface area contributed by atoms with Crippen LogP contribution in [0.2, 0.25) is 0 Å². The zero-order valence-corrected chi connectivity index (χ0v) is 19.5. The quantitative estimate of drug-likeness (QED) is 0.488. The standard InChI is InChI=1S/C26H29N3O3S/c30-24(27-13-10-18-6-2-1-3-7-18)21-17-33-25(28-21)19-11-14-29(15-12-19)26(31)23-16-20-8-4-5-9-22(20)32-23/h4-6,8-9,16-17,19H,1-3,7,10-15H2,(H,27,30). The molecule has 0 atom stereocenters. The lowest BCUT2D eigenvalue weighted by Crippen LogP contribution is -2.37. The Bertz CT molecular complexity index is 1140. The number of carbonyl (C=O) groups excluding carboxylic acids is 2. The summed E-state index contributed by atoms with van der Waals surface area (Å²) in [5.41, 5.74) is 2.71. The molecular weight excluding hydrogens is 434 g/mol. The number of benzene rings is 1. The largest absolute Gasteiger partial charge is 0.451 e. The fourth-order valence-electron chi connectivity index (χ4n) is 4.71. The summed E-state index contributed by atoms with van der Waals surface area (Å²) in [6.07, 6.45) is 9.81. The van der Waals surface area contributed by atoms with Crippen molar-refractivity contribution in [1.82, 2.24) is 15.2 Å². The first-order valence-corrected chi connectivity index (χ1v) is 12.7. The molecule has 1 fully saturated rings. The van der Waals surface area contributed by atoms with Gasteiger partial charge in [0.25, 0.3) is 11.8 Å². The summed E-state index contributed by atoms with van der Waals surface area (Å²) in [5.74, 6) is 0.527. The third-order valence-electron chi connectivity index (χ3n) is 6.64. The molecule has 1 saturated heterocycles. The van der Waals surface area contributed by atoms with E-state index in [2.05, 4.69) is 16.4 Å². The van der Waals surface area contributed by atoms with Crippen LogP contribution in [-0.2, 0) is 0 Å². The van der Waals surface area contributed by atoms with Crippen LogP contribution in [0.15, 0.2) is 51.8 Å². The van der Waals surface area contributed by atoms with Crippen molar-refractivity contribution in [3.63, 3.8) is 0 Å². The van der Waals surface area contributed by atoms with Gasteiger partial charge in [-0.25, -0.2) is 4.98 Å². The lowest BCUT2D eigenvalue weighted by molar-refractivity contribution is 0.0683. The van der Waals surface area contributed by atoms with E-state index >= 15 is 0 Å². The third kappa shape index (κ3) is 5.03. The van der Waals surface area contributed by atoms with Gasteiger partial charge in [0.15, 0.2) is 5.76 Å². The van der Waals surface area contributed by atoms with Crippen LogP contribution in [0.25, 0.3) is 11.0 Å². The van der Waals surface area contributed by atoms with Crippen LogP contribution in [0.3, 0.4) is 0 Å². The van der Waals surface area contributed by atoms with E-state index in [4.69, 9.17) is 4.42 Å². The maximum Gasteiger partial charge on any atom is 0.289 e. The van der Waals surface area contributed by atoms with Crippen molar-refractivity contribution in [2.45, 2.75) is 50.9 Å². The van der Waals surface area contributed by atoms with E-state index in [1.54, 1.807) is 11.3 Å². The van der Waals surface area contributed by atoms with Crippen LogP contribution in [0.1, 0.15) is 76.9 Å². The van der Waals surface area contributed by atoms with Crippen molar-refractivity contribution in [2.24, 2.45) is 0 Å². The number of likely N-dealkylation sites (tertiary alicyclic amines) is 1. The molecule has 0 spiro atoms. The molecule has 7 heteroatoms. The Kier molecular flexibility index (Phi) is 6.58. The minimum absolute atomic E-state index is 0.0584. The molecule has 2 aromatic heterocycles. The molecule has 0 bridgehead atoms. The summed E-state index contributed by atoms with van der Waals surface area (Å²) in [6.45, 7) is 1.99. The first-order chi connectivity index (χ1) is 16.2. The highest BCUT2D eigenvalue weighted by Crippen LogP contribution is 2.31. The number of hydrogen-bond donors (Lipinski definition) is 1. The fourth-order valence-corrected chi connectivity index (χ4v) is 5.68. The zero-order valence-electron chi connectivity index (χ0n) is 18.7. The Labute approximate surface area is 197 Å². The normalized spacial score (nSPS) is 17.2. The van der Waals surface area contributed by atoms with E-state index in [-0.39, 0.29) is 17.7 Å². The van der Waals surface area contributed by atoms with Crippen molar-refractivity contribution in [2.75, 3.05) is 19.6 Å². The van der Waals surface area contributed by atoms with Gasteiger partial charge in [0.05, 0.1) is 5.01 Å². The maximum absolute atomic E-state index is 12.9. The second kappa shape index (κ2) is 9.91. The molecule has 5 rings (SSSR count). The first kappa shape index (κ1) is 21.9. The van der Waals surface area contributed by atoms with Crippen molar-refractivity contribution in [3.05, 3.63) is 63.8 Å². The second-order valence-corrected chi connectivity index (χ2v) is 9.79. The number of nitrogens with zero attached hydrogens (tertiary/aromatic N) is 2. The van der Waals surface area contributed by atoms with Crippen LogP contribution in [0.4, 0.5) is 0 Å². The lowest BCUT2D eigenvalue weighted by atomic mass is 9.97. The number of para-hydroxylation sites is 1. The van der Waals surface area contributed by atoms with Gasteiger partial charge < -0.3 is 14.6 Å². The van der Waals surface area contributed by atoms with Gasteiger partial charge in [-0.2, -0.15) is 0 Å². The second-order valence-electron chi connectivity index (χ2n) is 8.90. The van der Waals surface area contributed by atoms with E-state index in [9.17, 15) is 9.59 Å². The molecular formula is C26H29N3O3S. The number of piperidine rings is 1. The fraction of sp³-hybridized carbons (Fsp3) is 0.423. The molecule has 0 unspecified atom stereocenters. The first-order valence-electron chi connectivity index (χ1n) is 11.9. The number of carbonyl (C=O) groups is 2. The van der Waals surface area contributed by atoms with Crippen molar-refractivity contribution < 1.29 is 14.0 Å². The molecule has 1 aromatic carbocycles. The Morgan fingerprint density at radius 2 is 2.03 bits per heavy atom. The molecule has 6 nitrogen and oxygen atoms in total.